The van der Waals surface area contributed by atoms with Crippen molar-refractivity contribution in [1.29, 1.82) is 5.41 Å². The number of allylic oxidation sites excluding steroid dienone is 2. The van der Waals surface area contributed by atoms with Gasteiger partial charge in [0.25, 0.3) is 0 Å². The first kappa shape index (κ1) is 23.5. The first-order valence-electron chi connectivity index (χ1n) is 13.0. The van der Waals surface area contributed by atoms with Crippen molar-refractivity contribution in [2.45, 2.75) is 50.2 Å². The molecule has 3 aromatic rings. The van der Waals surface area contributed by atoms with E-state index in [1.54, 1.807) is 18.4 Å². The lowest BCUT2D eigenvalue weighted by Crippen LogP contribution is -2.48. The molecule has 3 N–H and O–H groups in total. The summed E-state index contributed by atoms with van der Waals surface area (Å²) in [6.45, 7) is 2.91. The maximum Gasteiger partial charge on any atom is 0.216 e. The summed E-state index contributed by atoms with van der Waals surface area (Å²) < 4.78 is 13.5. The minimum absolute atomic E-state index is 0.00270. The lowest BCUT2D eigenvalue weighted by molar-refractivity contribution is 0.0729. The first-order chi connectivity index (χ1) is 18.0. The Kier molecular flexibility index (Phi) is 5.82. The minimum atomic E-state index is -1.07. The number of hydrogen-bond donors (Lipinski definition) is 2. The van der Waals surface area contributed by atoms with Gasteiger partial charge in [0.15, 0.2) is 5.82 Å². The number of benzene rings is 2. The standard InChI is InChI=1S/C29H32N6O2/c1-2-35-26(32-33-34-35)21-6-9-22(10-7-21)29(18-20-5-8-24(29)17-20)23-11-13-25(14-12-23)36-19-28(27(30)31)15-3-4-16-37-28/h3-4,6-7,9-16,20,24H,2,5,8,17-19H2,1H3,(H3,30,31)/t20-,24+,28?,29+/m1/s1. The molecule has 2 fully saturated rings. The highest BCUT2D eigenvalue weighted by molar-refractivity contribution is 5.89. The van der Waals surface area contributed by atoms with Gasteiger partial charge >= 0.3 is 0 Å². The fraction of sp³-hybridized carbons (Fsp3) is 0.379. The number of rotatable bonds is 8. The first-order valence-corrected chi connectivity index (χ1v) is 13.0. The normalized spacial score (nSPS) is 27.8. The van der Waals surface area contributed by atoms with Crippen LogP contribution in [0.2, 0.25) is 0 Å². The van der Waals surface area contributed by atoms with Crippen molar-refractivity contribution in [3.05, 3.63) is 84.1 Å². The fourth-order valence-corrected chi connectivity index (χ4v) is 6.55. The highest BCUT2D eigenvalue weighted by atomic mass is 16.5. The Bertz CT molecular complexity index is 1350. The fourth-order valence-electron chi connectivity index (χ4n) is 6.55. The van der Waals surface area contributed by atoms with Crippen LogP contribution in [0, 0.1) is 17.2 Å². The number of aryl methyl sites for hydroxylation is 1. The molecule has 3 aliphatic rings. The third kappa shape index (κ3) is 3.91. The molecule has 0 spiro atoms. The molecule has 0 radical (unpaired) electrons. The third-order valence-electron chi connectivity index (χ3n) is 8.45. The van der Waals surface area contributed by atoms with E-state index in [2.05, 4.69) is 51.9 Å². The maximum atomic E-state index is 7.98. The average Bonchev–Trinajstić information content (AvgIpc) is 3.70. The topological polar surface area (TPSA) is 112 Å². The van der Waals surface area contributed by atoms with Gasteiger partial charge in [-0.3, -0.25) is 5.41 Å². The van der Waals surface area contributed by atoms with Crippen LogP contribution in [0.4, 0.5) is 0 Å². The van der Waals surface area contributed by atoms with Crippen LogP contribution in [-0.2, 0) is 16.7 Å². The Morgan fingerprint density at radius 3 is 2.46 bits per heavy atom. The smallest absolute Gasteiger partial charge is 0.216 e. The van der Waals surface area contributed by atoms with E-state index in [9.17, 15) is 0 Å². The summed E-state index contributed by atoms with van der Waals surface area (Å²) in [5.41, 5.74) is 8.47. The number of nitrogens with zero attached hydrogens (tertiary/aromatic N) is 4. The monoisotopic (exact) mass is 496 g/mol. The van der Waals surface area contributed by atoms with E-state index < -0.39 is 5.60 Å². The molecule has 1 aliphatic heterocycles. The second-order valence-corrected chi connectivity index (χ2v) is 10.4. The zero-order valence-electron chi connectivity index (χ0n) is 21.0. The molecular formula is C29H32N6O2. The second kappa shape index (κ2) is 9.18. The molecule has 0 amide bonds. The zero-order chi connectivity index (χ0) is 25.5. The van der Waals surface area contributed by atoms with Crippen molar-refractivity contribution in [2.75, 3.05) is 6.61 Å². The van der Waals surface area contributed by atoms with Crippen LogP contribution < -0.4 is 10.5 Å². The molecule has 2 heterocycles. The van der Waals surface area contributed by atoms with Crippen molar-refractivity contribution < 1.29 is 9.47 Å². The number of amidine groups is 1. The molecule has 0 saturated heterocycles. The summed E-state index contributed by atoms with van der Waals surface area (Å²) >= 11 is 0. The number of fused-ring (bicyclic) bond motifs is 2. The van der Waals surface area contributed by atoms with Crippen LogP contribution in [0.5, 0.6) is 5.75 Å². The summed E-state index contributed by atoms with van der Waals surface area (Å²) in [4.78, 5) is 0. The van der Waals surface area contributed by atoms with Crippen LogP contribution >= 0.6 is 0 Å². The Hall–Kier alpha value is -3.94. The van der Waals surface area contributed by atoms with Crippen molar-refractivity contribution in [3.63, 3.8) is 0 Å². The lowest BCUT2D eigenvalue weighted by Gasteiger charge is -2.39. The van der Waals surface area contributed by atoms with E-state index in [1.807, 2.05) is 29.8 Å². The van der Waals surface area contributed by atoms with Crippen molar-refractivity contribution >= 4 is 5.84 Å². The van der Waals surface area contributed by atoms with Crippen molar-refractivity contribution in [3.8, 4) is 17.1 Å². The molecule has 8 heteroatoms. The molecule has 2 bridgehead atoms. The Morgan fingerprint density at radius 2 is 1.86 bits per heavy atom. The quantitative estimate of drug-likeness (QED) is 0.348. The molecule has 8 nitrogen and oxygen atoms in total. The summed E-state index contributed by atoms with van der Waals surface area (Å²) in [5.74, 6) is 2.85. The average molecular weight is 497 g/mol. The van der Waals surface area contributed by atoms with Crippen molar-refractivity contribution in [2.24, 2.45) is 17.6 Å². The van der Waals surface area contributed by atoms with Crippen LogP contribution in [0.25, 0.3) is 11.4 Å². The summed E-state index contributed by atoms with van der Waals surface area (Å²) in [6.07, 6.45) is 11.9. The highest BCUT2D eigenvalue weighted by Crippen LogP contribution is 2.60. The molecule has 6 rings (SSSR count). The molecule has 2 aliphatic carbocycles. The summed E-state index contributed by atoms with van der Waals surface area (Å²) in [7, 11) is 0. The largest absolute Gasteiger partial charge is 0.489 e. The van der Waals surface area contributed by atoms with Crippen LogP contribution in [0.1, 0.15) is 43.7 Å². The van der Waals surface area contributed by atoms with Gasteiger partial charge in [-0.2, -0.15) is 0 Å². The SMILES string of the molecule is CCn1nnnc1-c1ccc([C@]2(c3ccc(OCC4(C(=N)N)C=CC=CO4)cc3)C[C@@H]3CC[C@H]2C3)cc1. The van der Waals surface area contributed by atoms with Crippen molar-refractivity contribution in [1.82, 2.24) is 20.2 Å². The molecule has 37 heavy (non-hydrogen) atoms. The molecule has 190 valence electrons. The van der Waals surface area contributed by atoms with Gasteiger partial charge < -0.3 is 15.2 Å². The van der Waals surface area contributed by atoms with E-state index in [0.717, 1.165) is 29.6 Å². The minimum Gasteiger partial charge on any atom is -0.489 e. The van der Waals surface area contributed by atoms with Gasteiger partial charge in [-0.25, -0.2) is 4.68 Å². The van der Waals surface area contributed by atoms with E-state index in [1.165, 1.54) is 36.8 Å². The van der Waals surface area contributed by atoms with Gasteiger partial charge in [0.05, 0.1) is 6.26 Å². The number of hydrogen-bond acceptors (Lipinski definition) is 6. The predicted molar refractivity (Wildman–Crippen MR) is 141 cm³/mol. The van der Waals surface area contributed by atoms with Crippen LogP contribution in [-0.4, -0.2) is 38.3 Å². The van der Waals surface area contributed by atoms with E-state index in [4.69, 9.17) is 20.6 Å². The third-order valence-corrected chi connectivity index (χ3v) is 8.45. The van der Waals surface area contributed by atoms with Gasteiger partial charge in [0, 0.05) is 17.5 Å². The maximum absolute atomic E-state index is 7.98. The van der Waals surface area contributed by atoms with E-state index >= 15 is 0 Å². The summed E-state index contributed by atoms with van der Waals surface area (Å²) in [5, 5.41) is 20.1. The number of nitrogens with two attached hydrogens (primary N) is 1. The zero-order valence-corrected chi connectivity index (χ0v) is 21.0. The van der Waals surface area contributed by atoms with Crippen LogP contribution in [0.15, 0.2) is 73.0 Å². The Morgan fingerprint density at radius 1 is 1.11 bits per heavy atom. The number of aromatic nitrogens is 4. The molecule has 2 aromatic carbocycles. The second-order valence-electron chi connectivity index (χ2n) is 10.4. The predicted octanol–water partition coefficient (Wildman–Crippen LogP) is 4.62. The number of ether oxygens (including phenoxy) is 2. The molecule has 1 unspecified atom stereocenters. The van der Waals surface area contributed by atoms with Gasteiger partial charge in [-0.1, -0.05) is 48.9 Å². The van der Waals surface area contributed by atoms with Gasteiger partial charge in [-0.15, -0.1) is 5.10 Å². The molecule has 4 atom stereocenters. The highest BCUT2D eigenvalue weighted by Gasteiger charge is 2.52. The van der Waals surface area contributed by atoms with Gasteiger partial charge in [0.1, 0.15) is 18.2 Å². The Balaban J connectivity index is 1.27. The lowest BCUT2D eigenvalue weighted by atomic mass is 9.64. The van der Waals surface area contributed by atoms with Gasteiger partial charge in [-0.05, 0) is 83.9 Å². The van der Waals surface area contributed by atoms with E-state index in [0.29, 0.717) is 5.92 Å². The molecular weight excluding hydrogens is 464 g/mol. The molecule has 2 saturated carbocycles. The number of tetrazole rings is 1. The Labute approximate surface area is 216 Å². The van der Waals surface area contributed by atoms with Gasteiger partial charge in [0.2, 0.25) is 5.60 Å². The molecule has 1 aromatic heterocycles. The van der Waals surface area contributed by atoms with Crippen LogP contribution in [0.3, 0.4) is 0 Å². The number of nitrogens with one attached hydrogen (secondary N) is 1. The van der Waals surface area contributed by atoms with E-state index in [-0.39, 0.29) is 17.9 Å². The summed E-state index contributed by atoms with van der Waals surface area (Å²) in [6, 6.07) is 17.3.